The Hall–Kier alpha value is -1.88. The van der Waals surface area contributed by atoms with Gasteiger partial charge in [0.05, 0.1) is 12.8 Å². The van der Waals surface area contributed by atoms with Crippen LogP contribution < -0.4 is 4.74 Å². The molecule has 1 heterocycles. The maximum Gasteiger partial charge on any atom is 0.128 e. The lowest BCUT2D eigenvalue weighted by atomic mass is 10.1. The lowest BCUT2D eigenvalue weighted by molar-refractivity contribution is 0.287. The average Bonchev–Trinajstić information content (AvgIpc) is 2.77. The summed E-state index contributed by atoms with van der Waals surface area (Å²) in [5.41, 5.74) is 2.17. The number of aliphatic hydroxyl groups excluding tert-OH is 1. The van der Waals surface area contributed by atoms with Gasteiger partial charge < -0.3 is 14.8 Å². The molecule has 0 saturated heterocycles. The number of nitrogens with zero attached hydrogens (tertiary/aromatic N) is 1. The Morgan fingerprint density at radius 3 is 2.89 bits per heavy atom. The average molecular weight is 264 g/mol. The second-order valence-corrected chi connectivity index (χ2v) is 4.33. The van der Waals surface area contributed by atoms with Gasteiger partial charge >= 0.3 is 0 Å². The van der Waals surface area contributed by atoms with Gasteiger partial charge in [0.25, 0.3) is 0 Å². The number of aromatic nitrogens is 2. The number of nitrogens with one attached hydrogen (secondary N) is 1. The van der Waals surface area contributed by atoms with E-state index in [4.69, 9.17) is 9.84 Å². The predicted octanol–water partition coefficient (Wildman–Crippen LogP) is 2.46. The standard InChI is InChI=1S/C14H17FN2O2/c1-9-14(17-13(16-9)4-3-7-18)11-8-10(15)5-6-12(11)19-2/h5-6,8,18H,3-4,7H2,1-2H3,(H,16,17). The molecule has 0 bridgehead atoms. The number of aliphatic hydroxyl groups is 1. The van der Waals surface area contributed by atoms with Gasteiger partial charge in [-0.1, -0.05) is 0 Å². The Balaban J connectivity index is 2.40. The summed E-state index contributed by atoms with van der Waals surface area (Å²) in [4.78, 5) is 7.60. The van der Waals surface area contributed by atoms with Crippen LogP contribution in [-0.4, -0.2) is 28.8 Å². The van der Waals surface area contributed by atoms with E-state index >= 15 is 0 Å². The monoisotopic (exact) mass is 264 g/mol. The molecule has 1 aromatic carbocycles. The highest BCUT2D eigenvalue weighted by Crippen LogP contribution is 2.31. The minimum Gasteiger partial charge on any atom is -0.496 e. The molecular formula is C14H17FN2O2. The molecule has 2 N–H and O–H groups in total. The number of H-pyrrole nitrogens is 1. The van der Waals surface area contributed by atoms with E-state index in [2.05, 4.69) is 9.97 Å². The predicted molar refractivity (Wildman–Crippen MR) is 70.7 cm³/mol. The van der Waals surface area contributed by atoms with Crippen LogP contribution in [0.1, 0.15) is 17.9 Å². The van der Waals surface area contributed by atoms with Crippen molar-refractivity contribution in [1.29, 1.82) is 0 Å². The molecule has 0 atom stereocenters. The highest BCUT2D eigenvalue weighted by atomic mass is 19.1. The maximum atomic E-state index is 13.4. The van der Waals surface area contributed by atoms with Crippen LogP contribution in [-0.2, 0) is 6.42 Å². The van der Waals surface area contributed by atoms with Gasteiger partial charge in [0.2, 0.25) is 0 Å². The summed E-state index contributed by atoms with van der Waals surface area (Å²) in [6.07, 6.45) is 1.31. The summed E-state index contributed by atoms with van der Waals surface area (Å²) >= 11 is 0. The minimum absolute atomic E-state index is 0.123. The first kappa shape index (κ1) is 13.5. The highest BCUT2D eigenvalue weighted by molar-refractivity contribution is 5.69. The van der Waals surface area contributed by atoms with Gasteiger partial charge in [0.1, 0.15) is 17.4 Å². The van der Waals surface area contributed by atoms with Gasteiger partial charge in [-0.05, 0) is 31.5 Å². The first-order valence-electron chi connectivity index (χ1n) is 6.16. The molecule has 0 unspecified atom stereocenters. The Morgan fingerprint density at radius 2 is 2.21 bits per heavy atom. The molecule has 2 aromatic rings. The van der Waals surface area contributed by atoms with Crippen LogP contribution in [0.15, 0.2) is 18.2 Å². The molecule has 5 heteroatoms. The van der Waals surface area contributed by atoms with Crippen LogP contribution in [0, 0.1) is 12.7 Å². The van der Waals surface area contributed by atoms with Crippen LogP contribution in [0.5, 0.6) is 5.75 Å². The van der Waals surface area contributed by atoms with Gasteiger partial charge in [-0.3, -0.25) is 0 Å². The highest BCUT2D eigenvalue weighted by Gasteiger charge is 2.14. The second-order valence-electron chi connectivity index (χ2n) is 4.33. The van der Waals surface area contributed by atoms with Gasteiger partial charge in [0, 0.05) is 24.3 Å². The van der Waals surface area contributed by atoms with Crippen LogP contribution >= 0.6 is 0 Å². The Bertz CT molecular complexity index is 567. The fourth-order valence-electron chi connectivity index (χ4n) is 2.01. The number of aromatic amines is 1. The zero-order valence-electron chi connectivity index (χ0n) is 11.0. The lowest BCUT2D eigenvalue weighted by Crippen LogP contribution is -1.92. The van der Waals surface area contributed by atoms with E-state index in [9.17, 15) is 4.39 Å². The van der Waals surface area contributed by atoms with Gasteiger partial charge in [-0.15, -0.1) is 0 Å². The van der Waals surface area contributed by atoms with E-state index in [1.807, 2.05) is 6.92 Å². The number of hydrogen-bond acceptors (Lipinski definition) is 3. The van der Waals surface area contributed by atoms with Crippen LogP contribution in [0.3, 0.4) is 0 Å². The van der Waals surface area contributed by atoms with Gasteiger partial charge in [-0.2, -0.15) is 0 Å². The van der Waals surface area contributed by atoms with Crippen LogP contribution in [0.25, 0.3) is 11.3 Å². The lowest BCUT2D eigenvalue weighted by Gasteiger charge is -2.06. The fourth-order valence-corrected chi connectivity index (χ4v) is 2.01. The summed E-state index contributed by atoms with van der Waals surface area (Å²) in [6, 6.07) is 4.36. The zero-order valence-corrected chi connectivity index (χ0v) is 11.0. The van der Waals surface area contributed by atoms with Crippen LogP contribution in [0.2, 0.25) is 0 Å². The SMILES string of the molecule is COc1ccc(F)cc1-c1nc(CCCO)[nH]c1C. The van der Waals surface area contributed by atoms with Crippen molar-refractivity contribution in [3.63, 3.8) is 0 Å². The first-order valence-corrected chi connectivity index (χ1v) is 6.16. The second kappa shape index (κ2) is 5.84. The third kappa shape index (κ3) is 2.93. The van der Waals surface area contributed by atoms with Gasteiger partial charge in [0.15, 0.2) is 0 Å². The quantitative estimate of drug-likeness (QED) is 0.872. The molecule has 0 amide bonds. The van der Waals surface area contributed by atoms with Crippen molar-refractivity contribution in [2.24, 2.45) is 0 Å². The first-order chi connectivity index (χ1) is 9.15. The molecule has 4 nitrogen and oxygen atoms in total. The number of aryl methyl sites for hydroxylation is 2. The molecular weight excluding hydrogens is 247 g/mol. The van der Waals surface area contributed by atoms with Crippen molar-refractivity contribution in [1.82, 2.24) is 9.97 Å². The smallest absolute Gasteiger partial charge is 0.128 e. The van der Waals surface area contributed by atoms with Crippen molar-refractivity contribution in [3.8, 4) is 17.0 Å². The normalized spacial score (nSPS) is 10.7. The van der Waals surface area contributed by atoms with E-state index in [0.29, 0.717) is 29.8 Å². The van der Waals surface area contributed by atoms with Crippen LogP contribution in [0.4, 0.5) is 4.39 Å². The fraction of sp³-hybridized carbons (Fsp3) is 0.357. The third-order valence-corrected chi connectivity index (χ3v) is 2.92. The number of imidazole rings is 1. The number of benzene rings is 1. The summed E-state index contributed by atoms with van der Waals surface area (Å²) in [7, 11) is 1.55. The Labute approximate surface area is 111 Å². The molecule has 0 aliphatic rings. The van der Waals surface area contributed by atoms with E-state index in [1.165, 1.54) is 12.1 Å². The van der Waals surface area contributed by atoms with Crippen molar-refractivity contribution >= 4 is 0 Å². The van der Waals surface area contributed by atoms with E-state index in [1.54, 1.807) is 13.2 Å². The largest absolute Gasteiger partial charge is 0.496 e. The van der Waals surface area contributed by atoms with Crippen molar-refractivity contribution in [2.45, 2.75) is 19.8 Å². The molecule has 1 aromatic heterocycles. The number of ether oxygens (including phenoxy) is 1. The van der Waals surface area contributed by atoms with E-state index < -0.39 is 0 Å². The number of rotatable bonds is 5. The summed E-state index contributed by atoms with van der Waals surface area (Å²) in [5.74, 6) is 1.05. The summed E-state index contributed by atoms with van der Waals surface area (Å²) < 4.78 is 18.6. The summed E-state index contributed by atoms with van der Waals surface area (Å²) in [6.45, 7) is 2.01. The maximum absolute atomic E-state index is 13.4. The molecule has 2 rings (SSSR count). The number of halogens is 1. The molecule has 0 saturated carbocycles. The van der Waals surface area contributed by atoms with Crippen molar-refractivity contribution in [2.75, 3.05) is 13.7 Å². The zero-order chi connectivity index (χ0) is 13.8. The number of hydrogen-bond donors (Lipinski definition) is 2. The van der Waals surface area contributed by atoms with Crippen molar-refractivity contribution in [3.05, 3.63) is 35.5 Å². The summed E-state index contributed by atoms with van der Waals surface area (Å²) in [5, 5.41) is 8.83. The van der Waals surface area contributed by atoms with Gasteiger partial charge in [-0.25, -0.2) is 9.37 Å². The molecule has 0 fully saturated rings. The third-order valence-electron chi connectivity index (χ3n) is 2.92. The topological polar surface area (TPSA) is 58.1 Å². The Kier molecular flexibility index (Phi) is 4.16. The van der Waals surface area contributed by atoms with E-state index in [-0.39, 0.29) is 12.4 Å². The molecule has 0 aliphatic carbocycles. The molecule has 0 aliphatic heterocycles. The Morgan fingerprint density at radius 1 is 1.42 bits per heavy atom. The molecule has 0 spiro atoms. The van der Waals surface area contributed by atoms with Crippen molar-refractivity contribution < 1.29 is 14.2 Å². The molecule has 102 valence electrons. The molecule has 0 radical (unpaired) electrons. The number of methoxy groups -OCH3 is 1. The minimum atomic E-state index is -0.324. The van der Waals surface area contributed by atoms with E-state index in [0.717, 1.165) is 11.5 Å². The molecule has 19 heavy (non-hydrogen) atoms.